The molecule has 0 saturated carbocycles. The summed E-state index contributed by atoms with van der Waals surface area (Å²) in [6.07, 6.45) is -3.09. The molecule has 0 aromatic rings. The average molecular weight is 176 g/mol. The van der Waals surface area contributed by atoms with Gasteiger partial charge in [-0.05, 0) is 0 Å². The number of rotatable bonds is 2. The van der Waals surface area contributed by atoms with Crippen molar-refractivity contribution in [2.24, 2.45) is 5.92 Å². The Kier molecular flexibility index (Phi) is 2.66. The highest BCUT2D eigenvalue weighted by molar-refractivity contribution is 5.77. The Morgan fingerprint density at radius 1 is 1.67 bits per heavy atom. The fourth-order valence-corrected chi connectivity index (χ4v) is 1.24. The largest absolute Gasteiger partial charge is 0.457 e. The number of esters is 1. The fraction of sp³-hybridized carbons (Fsp3) is 0.857. The number of hydrogen-bond acceptors (Lipinski definition) is 5. The van der Waals surface area contributed by atoms with E-state index in [1.54, 1.807) is 6.92 Å². The molecule has 0 aromatic carbocycles. The fourth-order valence-electron chi connectivity index (χ4n) is 1.24. The Morgan fingerprint density at radius 3 is 2.58 bits per heavy atom. The van der Waals surface area contributed by atoms with Crippen LogP contribution in [0.4, 0.5) is 0 Å². The van der Waals surface area contributed by atoms with Crippen molar-refractivity contribution in [2.75, 3.05) is 6.61 Å². The van der Waals surface area contributed by atoms with Crippen LogP contribution in [0.1, 0.15) is 6.92 Å². The highest BCUT2D eigenvalue weighted by Crippen LogP contribution is 2.24. The summed E-state index contributed by atoms with van der Waals surface area (Å²) in [4.78, 5) is 10.8. The lowest BCUT2D eigenvalue weighted by atomic mass is 9.97. The van der Waals surface area contributed by atoms with E-state index >= 15 is 0 Å². The third-order valence-corrected chi connectivity index (χ3v) is 2.08. The van der Waals surface area contributed by atoms with Crippen molar-refractivity contribution in [3.63, 3.8) is 0 Å². The van der Waals surface area contributed by atoms with Gasteiger partial charge in [0.15, 0.2) is 6.10 Å². The molecule has 1 aliphatic rings. The monoisotopic (exact) mass is 176 g/mol. The first-order valence-electron chi connectivity index (χ1n) is 3.75. The zero-order valence-corrected chi connectivity index (χ0v) is 6.67. The normalized spacial score (nSPS) is 38.0. The van der Waals surface area contributed by atoms with E-state index in [2.05, 4.69) is 4.74 Å². The minimum Gasteiger partial charge on any atom is -0.457 e. The Labute approximate surface area is 69.6 Å². The molecular weight excluding hydrogens is 164 g/mol. The smallest absolute Gasteiger partial charge is 0.335 e. The SMILES string of the molecule is C[C@H]1[C@H]([C@H](O)CO)OC(=O)[C@@H]1O. The molecule has 4 atom stereocenters. The van der Waals surface area contributed by atoms with Crippen molar-refractivity contribution in [3.8, 4) is 0 Å². The lowest BCUT2D eigenvalue weighted by Gasteiger charge is -2.18. The number of aliphatic hydroxyl groups excluding tert-OH is 3. The summed E-state index contributed by atoms with van der Waals surface area (Å²) in [7, 11) is 0. The maximum Gasteiger partial charge on any atom is 0.335 e. The van der Waals surface area contributed by atoms with Gasteiger partial charge in [-0.15, -0.1) is 0 Å². The second-order valence-corrected chi connectivity index (χ2v) is 2.96. The number of carbonyl (C=O) groups is 1. The molecule has 70 valence electrons. The first kappa shape index (κ1) is 9.44. The number of aliphatic hydroxyl groups is 3. The average Bonchev–Trinajstić information content (AvgIpc) is 2.32. The molecule has 0 aliphatic carbocycles. The summed E-state index contributed by atoms with van der Waals surface area (Å²) in [5, 5.41) is 26.8. The molecule has 0 radical (unpaired) electrons. The van der Waals surface area contributed by atoms with E-state index in [4.69, 9.17) is 15.3 Å². The van der Waals surface area contributed by atoms with Crippen LogP contribution in [0.2, 0.25) is 0 Å². The first-order valence-corrected chi connectivity index (χ1v) is 3.75. The predicted molar refractivity (Wildman–Crippen MR) is 38.1 cm³/mol. The predicted octanol–water partition coefficient (Wildman–Crippen LogP) is -1.74. The number of hydrogen-bond donors (Lipinski definition) is 3. The van der Waals surface area contributed by atoms with Crippen LogP contribution in [0.15, 0.2) is 0 Å². The number of carbonyl (C=O) groups excluding carboxylic acids is 1. The highest BCUT2D eigenvalue weighted by Gasteiger charge is 2.43. The standard InChI is InChI=1S/C7H12O5/c1-3-5(10)7(11)12-6(3)4(9)2-8/h3-6,8-10H,2H2,1H3/t3-,4-,5-,6-/m1/s1. The van der Waals surface area contributed by atoms with Crippen LogP contribution < -0.4 is 0 Å². The van der Waals surface area contributed by atoms with Crippen LogP contribution in [-0.4, -0.2) is 46.2 Å². The molecule has 1 aliphatic heterocycles. The van der Waals surface area contributed by atoms with Gasteiger partial charge in [0.1, 0.15) is 12.2 Å². The topological polar surface area (TPSA) is 87.0 Å². The van der Waals surface area contributed by atoms with Gasteiger partial charge in [0.25, 0.3) is 0 Å². The first-order chi connectivity index (χ1) is 5.57. The van der Waals surface area contributed by atoms with E-state index in [9.17, 15) is 4.79 Å². The molecule has 5 nitrogen and oxygen atoms in total. The van der Waals surface area contributed by atoms with Crippen LogP contribution in [0.5, 0.6) is 0 Å². The van der Waals surface area contributed by atoms with Gasteiger partial charge in [0.2, 0.25) is 0 Å². The summed E-state index contributed by atoms with van der Waals surface area (Å²) in [5.74, 6) is -1.21. The summed E-state index contributed by atoms with van der Waals surface area (Å²) in [6.45, 7) is 1.11. The van der Waals surface area contributed by atoms with Crippen LogP contribution in [-0.2, 0) is 9.53 Å². The molecule has 0 aromatic heterocycles. The van der Waals surface area contributed by atoms with E-state index < -0.39 is 36.8 Å². The van der Waals surface area contributed by atoms with E-state index in [1.165, 1.54) is 0 Å². The van der Waals surface area contributed by atoms with Crippen molar-refractivity contribution < 1.29 is 24.9 Å². The lowest BCUT2D eigenvalue weighted by Crippen LogP contribution is -2.34. The zero-order chi connectivity index (χ0) is 9.30. The minimum absolute atomic E-state index is 0.473. The van der Waals surface area contributed by atoms with Crippen molar-refractivity contribution in [2.45, 2.75) is 25.2 Å². The third-order valence-electron chi connectivity index (χ3n) is 2.08. The maximum atomic E-state index is 10.8. The Bertz CT molecular complexity index is 181. The molecule has 1 saturated heterocycles. The van der Waals surface area contributed by atoms with Crippen molar-refractivity contribution >= 4 is 5.97 Å². The third kappa shape index (κ3) is 1.43. The maximum absolute atomic E-state index is 10.8. The van der Waals surface area contributed by atoms with Crippen LogP contribution in [0, 0.1) is 5.92 Å². The van der Waals surface area contributed by atoms with Crippen molar-refractivity contribution in [3.05, 3.63) is 0 Å². The van der Waals surface area contributed by atoms with Gasteiger partial charge < -0.3 is 20.1 Å². The van der Waals surface area contributed by atoms with Gasteiger partial charge in [-0.25, -0.2) is 4.79 Å². The molecular formula is C7H12O5. The van der Waals surface area contributed by atoms with Gasteiger partial charge in [-0.2, -0.15) is 0 Å². The zero-order valence-electron chi connectivity index (χ0n) is 6.67. The van der Waals surface area contributed by atoms with Gasteiger partial charge in [0, 0.05) is 5.92 Å². The summed E-state index contributed by atoms with van der Waals surface area (Å²) in [5.41, 5.74) is 0. The van der Waals surface area contributed by atoms with E-state index in [0.717, 1.165) is 0 Å². The van der Waals surface area contributed by atoms with Crippen LogP contribution >= 0.6 is 0 Å². The minimum atomic E-state index is -1.18. The van der Waals surface area contributed by atoms with E-state index in [-0.39, 0.29) is 0 Å². The van der Waals surface area contributed by atoms with E-state index in [0.29, 0.717) is 0 Å². The second-order valence-electron chi connectivity index (χ2n) is 2.96. The number of ether oxygens (including phenoxy) is 1. The summed E-state index contributed by atoms with van der Waals surface area (Å²) >= 11 is 0. The van der Waals surface area contributed by atoms with Crippen molar-refractivity contribution in [1.82, 2.24) is 0 Å². The molecule has 0 bridgehead atoms. The second kappa shape index (κ2) is 3.38. The van der Waals surface area contributed by atoms with Gasteiger partial charge in [-0.1, -0.05) is 6.92 Å². The Morgan fingerprint density at radius 2 is 2.25 bits per heavy atom. The molecule has 3 N–H and O–H groups in total. The summed E-state index contributed by atoms with van der Waals surface area (Å²) in [6, 6.07) is 0. The quantitative estimate of drug-likeness (QED) is 0.435. The highest BCUT2D eigenvalue weighted by atomic mass is 16.6. The molecule has 1 fully saturated rings. The molecule has 1 rings (SSSR count). The molecule has 0 amide bonds. The van der Waals surface area contributed by atoms with Gasteiger partial charge in [0.05, 0.1) is 6.61 Å². The molecule has 1 heterocycles. The molecule has 5 heteroatoms. The molecule has 12 heavy (non-hydrogen) atoms. The Balaban J connectivity index is 2.64. The van der Waals surface area contributed by atoms with Gasteiger partial charge >= 0.3 is 5.97 Å². The Hall–Kier alpha value is -0.650. The lowest BCUT2D eigenvalue weighted by molar-refractivity contribution is -0.151. The van der Waals surface area contributed by atoms with Crippen LogP contribution in [0.3, 0.4) is 0 Å². The molecule has 0 unspecified atom stereocenters. The van der Waals surface area contributed by atoms with E-state index in [1.807, 2.05) is 0 Å². The summed E-state index contributed by atoms with van der Waals surface area (Å²) < 4.78 is 4.64. The number of cyclic esters (lactones) is 1. The molecule has 0 spiro atoms. The van der Waals surface area contributed by atoms with Gasteiger partial charge in [-0.3, -0.25) is 0 Å². The van der Waals surface area contributed by atoms with Crippen LogP contribution in [0.25, 0.3) is 0 Å². The van der Waals surface area contributed by atoms with Crippen molar-refractivity contribution in [1.29, 1.82) is 0 Å².